The third-order valence-corrected chi connectivity index (χ3v) is 3.99. The molecule has 1 aliphatic heterocycles. The third-order valence-electron chi connectivity index (χ3n) is 3.99. The number of hydrogen-bond donors (Lipinski definition) is 0. The normalized spacial score (nSPS) is 17.8. The van der Waals surface area contributed by atoms with Gasteiger partial charge in [-0.25, -0.2) is 15.0 Å². The summed E-state index contributed by atoms with van der Waals surface area (Å²) in [6.45, 7) is 2.95. The average Bonchev–Trinajstić information content (AvgIpc) is 3.16. The summed E-state index contributed by atoms with van der Waals surface area (Å²) in [5.41, 5.74) is 1.02. The Labute approximate surface area is 140 Å². The maximum atomic E-state index is 5.84. The highest BCUT2D eigenvalue weighted by Gasteiger charge is 2.22. The molecule has 0 saturated carbocycles. The Balaban J connectivity index is 1.51. The number of anilines is 1. The second-order valence-corrected chi connectivity index (χ2v) is 5.66. The first kappa shape index (κ1) is 14.8. The first-order chi connectivity index (χ1) is 11.9. The molecule has 1 atom stereocenters. The van der Waals surface area contributed by atoms with Crippen LogP contribution in [0.15, 0.2) is 55.2 Å². The van der Waals surface area contributed by atoms with Gasteiger partial charge in [0.25, 0.3) is 0 Å². The fourth-order valence-electron chi connectivity index (χ4n) is 2.83. The minimum Gasteiger partial charge on any atom is -0.373 e. The highest BCUT2D eigenvalue weighted by Crippen LogP contribution is 2.20. The average molecular weight is 322 g/mol. The van der Waals surface area contributed by atoms with Crippen LogP contribution in [-0.2, 0) is 11.3 Å². The van der Waals surface area contributed by atoms with Crippen molar-refractivity contribution in [2.24, 2.45) is 0 Å². The van der Waals surface area contributed by atoms with Crippen molar-refractivity contribution >= 4 is 5.82 Å². The Kier molecular flexibility index (Phi) is 4.16. The molecule has 1 saturated heterocycles. The molecule has 3 heterocycles. The number of hydrogen-bond acceptors (Lipinski definition) is 6. The number of aromatic nitrogens is 5. The van der Waals surface area contributed by atoms with E-state index < -0.39 is 0 Å². The van der Waals surface area contributed by atoms with Gasteiger partial charge in [0.15, 0.2) is 5.82 Å². The minimum atomic E-state index is 0.0654. The van der Waals surface area contributed by atoms with E-state index in [0.717, 1.165) is 30.3 Å². The van der Waals surface area contributed by atoms with Gasteiger partial charge in [-0.15, -0.1) is 0 Å². The van der Waals surface area contributed by atoms with Crippen molar-refractivity contribution in [1.29, 1.82) is 0 Å². The molecule has 2 aromatic heterocycles. The van der Waals surface area contributed by atoms with Crippen molar-refractivity contribution in [3.05, 3.63) is 55.2 Å². The third kappa shape index (κ3) is 3.26. The molecule has 1 fully saturated rings. The van der Waals surface area contributed by atoms with Gasteiger partial charge in [-0.1, -0.05) is 30.3 Å². The lowest BCUT2D eigenvalue weighted by molar-refractivity contribution is 0.0271. The van der Waals surface area contributed by atoms with Crippen LogP contribution in [0, 0.1) is 0 Å². The zero-order chi connectivity index (χ0) is 16.2. The molecule has 0 N–H and O–H groups in total. The highest BCUT2D eigenvalue weighted by molar-refractivity contribution is 5.57. The van der Waals surface area contributed by atoms with Crippen molar-refractivity contribution in [3.63, 3.8) is 0 Å². The number of ether oxygens (including phenoxy) is 1. The maximum absolute atomic E-state index is 5.84. The topological polar surface area (TPSA) is 69.0 Å². The predicted octanol–water partition coefficient (Wildman–Crippen LogP) is 1.64. The zero-order valence-corrected chi connectivity index (χ0v) is 13.2. The molecule has 0 unspecified atom stereocenters. The fourth-order valence-corrected chi connectivity index (χ4v) is 2.83. The largest absolute Gasteiger partial charge is 0.373 e. The Hall–Kier alpha value is -2.80. The SMILES string of the molecule is c1ccc(-c2nccc(N3CCO[C@H](Cn4cncn4)C3)n2)cc1. The second-order valence-electron chi connectivity index (χ2n) is 5.66. The van der Waals surface area contributed by atoms with Gasteiger partial charge >= 0.3 is 0 Å². The van der Waals surface area contributed by atoms with Gasteiger partial charge in [0.05, 0.1) is 19.3 Å². The Morgan fingerprint density at radius 1 is 1.17 bits per heavy atom. The molecule has 0 bridgehead atoms. The molecular formula is C17H18N6O. The summed E-state index contributed by atoms with van der Waals surface area (Å²) in [7, 11) is 0. The molecule has 0 amide bonds. The van der Waals surface area contributed by atoms with E-state index in [-0.39, 0.29) is 6.10 Å². The Morgan fingerprint density at radius 2 is 2.08 bits per heavy atom. The molecule has 0 spiro atoms. The molecular weight excluding hydrogens is 304 g/mol. The summed E-state index contributed by atoms with van der Waals surface area (Å²) >= 11 is 0. The summed E-state index contributed by atoms with van der Waals surface area (Å²) in [5, 5.41) is 4.14. The van der Waals surface area contributed by atoms with Crippen LogP contribution in [0.1, 0.15) is 0 Å². The fraction of sp³-hybridized carbons (Fsp3) is 0.294. The van der Waals surface area contributed by atoms with E-state index in [0.29, 0.717) is 13.2 Å². The highest BCUT2D eigenvalue weighted by atomic mass is 16.5. The van der Waals surface area contributed by atoms with Crippen molar-refractivity contribution in [2.45, 2.75) is 12.6 Å². The van der Waals surface area contributed by atoms with E-state index in [4.69, 9.17) is 9.72 Å². The predicted molar refractivity (Wildman–Crippen MR) is 89.4 cm³/mol. The smallest absolute Gasteiger partial charge is 0.161 e. The number of benzene rings is 1. The van der Waals surface area contributed by atoms with Gasteiger partial charge in [-0.2, -0.15) is 5.10 Å². The van der Waals surface area contributed by atoms with Crippen LogP contribution in [0.3, 0.4) is 0 Å². The van der Waals surface area contributed by atoms with Crippen molar-refractivity contribution in [1.82, 2.24) is 24.7 Å². The van der Waals surface area contributed by atoms with Crippen LogP contribution >= 0.6 is 0 Å². The van der Waals surface area contributed by atoms with Crippen molar-refractivity contribution < 1.29 is 4.74 Å². The van der Waals surface area contributed by atoms with Crippen LogP contribution in [0.2, 0.25) is 0 Å². The van der Waals surface area contributed by atoms with Gasteiger partial charge in [0, 0.05) is 24.8 Å². The summed E-state index contributed by atoms with van der Waals surface area (Å²) in [6.07, 6.45) is 5.13. The molecule has 24 heavy (non-hydrogen) atoms. The van der Waals surface area contributed by atoms with E-state index in [1.54, 1.807) is 11.0 Å². The van der Waals surface area contributed by atoms with E-state index in [1.165, 1.54) is 6.33 Å². The molecule has 0 radical (unpaired) electrons. The molecule has 122 valence electrons. The van der Waals surface area contributed by atoms with Gasteiger partial charge in [0.2, 0.25) is 0 Å². The maximum Gasteiger partial charge on any atom is 0.161 e. The quantitative estimate of drug-likeness (QED) is 0.727. The molecule has 1 aliphatic rings. The van der Waals surface area contributed by atoms with Crippen LogP contribution < -0.4 is 4.90 Å². The molecule has 3 aromatic rings. The molecule has 1 aromatic carbocycles. The van der Waals surface area contributed by atoms with Crippen LogP contribution in [-0.4, -0.2) is 50.5 Å². The van der Waals surface area contributed by atoms with Crippen molar-refractivity contribution in [3.8, 4) is 11.4 Å². The summed E-state index contributed by atoms with van der Waals surface area (Å²) in [5.74, 6) is 1.67. The summed E-state index contributed by atoms with van der Waals surface area (Å²) in [4.78, 5) is 15.3. The molecule has 7 nitrogen and oxygen atoms in total. The monoisotopic (exact) mass is 322 g/mol. The number of morpholine rings is 1. The van der Waals surface area contributed by atoms with Gasteiger partial charge < -0.3 is 9.64 Å². The van der Waals surface area contributed by atoms with Crippen LogP contribution in [0.25, 0.3) is 11.4 Å². The van der Waals surface area contributed by atoms with E-state index in [9.17, 15) is 0 Å². The van der Waals surface area contributed by atoms with Gasteiger partial charge in [0.1, 0.15) is 18.5 Å². The van der Waals surface area contributed by atoms with Crippen molar-refractivity contribution in [2.75, 3.05) is 24.6 Å². The molecule has 4 rings (SSSR count). The molecule has 7 heteroatoms. The lowest BCUT2D eigenvalue weighted by Gasteiger charge is -2.33. The lowest BCUT2D eigenvalue weighted by atomic mass is 10.2. The first-order valence-corrected chi connectivity index (χ1v) is 7.96. The van der Waals surface area contributed by atoms with E-state index in [1.807, 2.05) is 42.6 Å². The zero-order valence-electron chi connectivity index (χ0n) is 13.2. The lowest BCUT2D eigenvalue weighted by Crippen LogP contribution is -2.44. The number of rotatable bonds is 4. The van der Waals surface area contributed by atoms with E-state index >= 15 is 0 Å². The second kappa shape index (κ2) is 6.76. The van der Waals surface area contributed by atoms with Gasteiger partial charge in [-0.05, 0) is 6.07 Å². The van der Waals surface area contributed by atoms with Gasteiger partial charge in [-0.3, -0.25) is 4.68 Å². The van der Waals surface area contributed by atoms with Crippen LogP contribution in [0.4, 0.5) is 5.82 Å². The summed E-state index contributed by atoms with van der Waals surface area (Å²) < 4.78 is 7.64. The Morgan fingerprint density at radius 3 is 2.92 bits per heavy atom. The van der Waals surface area contributed by atoms with Crippen LogP contribution in [0.5, 0.6) is 0 Å². The standard InChI is InChI=1S/C17H18N6O/c1-2-4-14(5-3-1)17-19-7-6-16(21-17)22-8-9-24-15(10-22)11-23-13-18-12-20-23/h1-7,12-13,15H,8-11H2/t15-/m0/s1. The minimum absolute atomic E-state index is 0.0654. The molecule has 0 aliphatic carbocycles. The number of nitrogens with zero attached hydrogens (tertiary/aromatic N) is 6. The first-order valence-electron chi connectivity index (χ1n) is 7.96. The van der Waals surface area contributed by atoms with E-state index in [2.05, 4.69) is 20.0 Å². The Bertz CT molecular complexity index is 777. The summed E-state index contributed by atoms with van der Waals surface area (Å²) in [6, 6.07) is 12.0.